The molecule has 0 heterocycles. The molecule has 130 valence electrons. The fraction of sp³-hybridized carbons (Fsp3) is 0.650. The number of amides is 1. The Labute approximate surface area is 144 Å². The molecule has 0 aliphatic heterocycles. The molecule has 3 aliphatic carbocycles. The highest BCUT2D eigenvalue weighted by Gasteiger charge is 2.41. The largest absolute Gasteiger partial charge is 0.445 e. The van der Waals surface area contributed by atoms with E-state index >= 15 is 0 Å². The number of rotatable bonds is 8. The molecule has 1 aromatic carbocycles. The Morgan fingerprint density at radius 1 is 1.04 bits per heavy atom. The van der Waals surface area contributed by atoms with Crippen LogP contribution in [0.25, 0.3) is 0 Å². The number of ether oxygens (including phenoxy) is 1. The molecule has 2 N–H and O–H groups in total. The summed E-state index contributed by atoms with van der Waals surface area (Å²) in [7, 11) is 0. The molecular formula is C20H28N2O2. The lowest BCUT2D eigenvalue weighted by Gasteiger charge is -2.37. The van der Waals surface area contributed by atoms with Gasteiger partial charge >= 0.3 is 6.09 Å². The van der Waals surface area contributed by atoms with Gasteiger partial charge in [-0.1, -0.05) is 30.3 Å². The highest BCUT2D eigenvalue weighted by atomic mass is 16.5. The van der Waals surface area contributed by atoms with E-state index in [0.29, 0.717) is 12.6 Å². The van der Waals surface area contributed by atoms with Gasteiger partial charge in [-0.15, -0.1) is 0 Å². The monoisotopic (exact) mass is 328 g/mol. The van der Waals surface area contributed by atoms with Crippen LogP contribution in [0.15, 0.2) is 30.3 Å². The molecule has 0 radical (unpaired) electrons. The van der Waals surface area contributed by atoms with E-state index in [9.17, 15) is 4.79 Å². The molecule has 0 spiro atoms. The third-order valence-corrected chi connectivity index (χ3v) is 5.77. The summed E-state index contributed by atoms with van der Waals surface area (Å²) in [5, 5.41) is 6.70. The summed E-state index contributed by atoms with van der Waals surface area (Å²) in [6, 6.07) is 10.6. The predicted molar refractivity (Wildman–Crippen MR) is 93.5 cm³/mol. The van der Waals surface area contributed by atoms with Crippen molar-refractivity contribution in [2.24, 2.45) is 17.8 Å². The maximum absolute atomic E-state index is 11.8. The van der Waals surface area contributed by atoms with Gasteiger partial charge < -0.3 is 15.4 Å². The van der Waals surface area contributed by atoms with Gasteiger partial charge in [0.15, 0.2) is 0 Å². The zero-order chi connectivity index (χ0) is 16.4. The van der Waals surface area contributed by atoms with E-state index in [-0.39, 0.29) is 12.1 Å². The molecule has 4 heteroatoms. The second kappa shape index (κ2) is 7.14. The lowest BCUT2D eigenvalue weighted by molar-refractivity contribution is 0.125. The summed E-state index contributed by atoms with van der Waals surface area (Å²) in [6.45, 7) is 1.52. The summed E-state index contributed by atoms with van der Waals surface area (Å²) in [6.07, 6.45) is 7.56. The van der Waals surface area contributed by atoms with Crippen LogP contribution < -0.4 is 10.6 Å². The minimum absolute atomic E-state index is 0.270. The first-order valence-corrected chi connectivity index (χ1v) is 9.48. The van der Waals surface area contributed by atoms with Crippen LogP contribution >= 0.6 is 0 Å². The summed E-state index contributed by atoms with van der Waals surface area (Å²) in [5.41, 5.74) is 1.02. The third-order valence-electron chi connectivity index (χ3n) is 5.77. The van der Waals surface area contributed by atoms with E-state index in [0.717, 1.165) is 36.2 Å². The number of benzene rings is 1. The fourth-order valence-electron chi connectivity index (χ4n) is 3.90. The van der Waals surface area contributed by atoms with Gasteiger partial charge in [-0.3, -0.25) is 0 Å². The molecule has 0 bridgehead atoms. The van der Waals surface area contributed by atoms with E-state index in [2.05, 4.69) is 10.6 Å². The lowest BCUT2D eigenvalue weighted by atomic mass is 9.86. The first-order chi connectivity index (χ1) is 11.8. The van der Waals surface area contributed by atoms with Crippen molar-refractivity contribution in [2.45, 2.75) is 57.2 Å². The Morgan fingerprint density at radius 2 is 1.71 bits per heavy atom. The smallest absolute Gasteiger partial charge is 0.407 e. The summed E-state index contributed by atoms with van der Waals surface area (Å²) in [5.74, 6) is 2.94. The van der Waals surface area contributed by atoms with Crippen molar-refractivity contribution in [1.29, 1.82) is 0 Å². The van der Waals surface area contributed by atoms with Crippen molar-refractivity contribution in [3.05, 3.63) is 35.9 Å². The van der Waals surface area contributed by atoms with Gasteiger partial charge in [-0.25, -0.2) is 4.79 Å². The molecule has 3 fully saturated rings. The van der Waals surface area contributed by atoms with Crippen molar-refractivity contribution in [1.82, 2.24) is 10.6 Å². The number of carbonyl (C=O) groups excluding carboxylic acids is 1. The third kappa shape index (κ3) is 4.29. The SMILES string of the molecule is O=C(NC1CC(NCC(C2CC2)C2CC2)C1)OCc1ccccc1. The van der Waals surface area contributed by atoms with Crippen molar-refractivity contribution in [2.75, 3.05) is 6.54 Å². The van der Waals surface area contributed by atoms with Crippen molar-refractivity contribution in [3.8, 4) is 0 Å². The van der Waals surface area contributed by atoms with Crippen LogP contribution in [0.1, 0.15) is 44.1 Å². The molecule has 24 heavy (non-hydrogen) atoms. The van der Waals surface area contributed by atoms with Gasteiger partial charge in [0, 0.05) is 12.1 Å². The summed E-state index contributed by atoms with van der Waals surface area (Å²) >= 11 is 0. The summed E-state index contributed by atoms with van der Waals surface area (Å²) in [4.78, 5) is 11.8. The Morgan fingerprint density at radius 3 is 2.33 bits per heavy atom. The number of nitrogens with one attached hydrogen (secondary N) is 2. The van der Waals surface area contributed by atoms with Crippen molar-refractivity contribution >= 4 is 6.09 Å². The summed E-state index contributed by atoms with van der Waals surface area (Å²) < 4.78 is 5.28. The van der Waals surface area contributed by atoms with Crippen molar-refractivity contribution in [3.63, 3.8) is 0 Å². The van der Waals surface area contributed by atoms with Gasteiger partial charge in [0.05, 0.1) is 0 Å². The normalized spacial score (nSPS) is 26.0. The van der Waals surface area contributed by atoms with Gasteiger partial charge in [0.1, 0.15) is 6.61 Å². The average molecular weight is 328 g/mol. The molecule has 3 aliphatic rings. The Bertz CT molecular complexity index is 536. The van der Waals surface area contributed by atoms with E-state index < -0.39 is 0 Å². The Hall–Kier alpha value is -1.55. The molecule has 4 rings (SSSR count). The molecule has 4 nitrogen and oxygen atoms in total. The number of hydrogen-bond donors (Lipinski definition) is 2. The second-order valence-electron chi connectivity index (χ2n) is 7.82. The molecule has 0 aromatic heterocycles. The van der Waals surface area contributed by atoms with Crippen molar-refractivity contribution < 1.29 is 9.53 Å². The minimum atomic E-state index is -0.295. The quantitative estimate of drug-likeness (QED) is 0.768. The first-order valence-electron chi connectivity index (χ1n) is 9.48. The zero-order valence-electron chi connectivity index (χ0n) is 14.2. The number of hydrogen-bond acceptors (Lipinski definition) is 3. The van der Waals surface area contributed by atoms with E-state index in [1.165, 1.54) is 32.2 Å². The van der Waals surface area contributed by atoms with Gasteiger partial charge in [0.2, 0.25) is 0 Å². The number of carbonyl (C=O) groups is 1. The molecule has 1 aromatic rings. The molecule has 0 unspecified atom stereocenters. The molecule has 0 saturated heterocycles. The maximum atomic E-state index is 11.8. The topological polar surface area (TPSA) is 50.4 Å². The maximum Gasteiger partial charge on any atom is 0.407 e. The Kier molecular flexibility index (Phi) is 4.74. The zero-order valence-corrected chi connectivity index (χ0v) is 14.2. The van der Waals surface area contributed by atoms with E-state index in [1.54, 1.807) is 0 Å². The van der Waals surface area contributed by atoms with Gasteiger partial charge in [-0.05, 0) is 68.4 Å². The highest BCUT2D eigenvalue weighted by molar-refractivity contribution is 5.67. The molecule has 3 saturated carbocycles. The highest BCUT2D eigenvalue weighted by Crippen LogP contribution is 2.49. The molecule has 0 atom stereocenters. The fourth-order valence-corrected chi connectivity index (χ4v) is 3.90. The minimum Gasteiger partial charge on any atom is -0.445 e. The van der Waals surface area contributed by atoms with Crippen LogP contribution in [0.4, 0.5) is 4.79 Å². The van der Waals surface area contributed by atoms with Crippen LogP contribution in [0.3, 0.4) is 0 Å². The van der Waals surface area contributed by atoms with Crippen LogP contribution in [-0.2, 0) is 11.3 Å². The van der Waals surface area contributed by atoms with Crippen LogP contribution in [0.2, 0.25) is 0 Å². The lowest BCUT2D eigenvalue weighted by Crippen LogP contribution is -2.53. The van der Waals surface area contributed by atoms with E-state index in [4.69, 9.17) is 4.74 Å². The Balaban J connectivity index is 1.10. The van der Waals surface area contributed by atoms with Crippen LogP contribution in [0, 0.1) is 17.8 Å². The van der Waals surface area contributed by atoms with Crippen LogP contribution in [-0.4, -0.2) is 24.7 Å². The average Bonchev–Trinajstić information content (AvgIpc) is 3.45. The molecular weight excluding hydrogens is 300 g/mol. The standard InChI is InChI=1S/C20H28N2O2/c23-20(24-13-14-4-2-1-3-5-14)22-18-10-17(11-18)21-12-19(15-6-7-15)16-8-9-16/h1-5,15-19,21H,6-13H2,(H,22,23). The number of alkyl carbamates (subject to hydrolysis) is 1. The van der Waals surface area contributed by atoms with E-state index in [1.807, 2.05) is 30.3 Å². The second-order valence-corrected chi connectivity index (χ2v) is 7.82. The first kappa shape index (κ1) is 15.9. The van der Waals surface area contributed by atoms with Crippen LogP contribution in [0.5, 0.6) is 0 Å². The predicted octanol–water partition coefficient (Wildman–Crippen LogP) is 3.47. The molecule has 1 amide bonds. The van der Waals surface area contributed by atoms with Gasteiger partial charge in [0.25, 0.3) is 0 Å². The van der Waals surface area contributed by atoms with Gasteiger partial charge in [-0.2, -0.15) is 0 Å².